The monoisotopic (exact) mass is 442 g/mol. The van der Waals surface area contributed by atoms with Crippen LogP contribution in [0.15, 0.2) is 42.7 Å². The smallest absolute Gasteiger partial charge is 0.226 e. The molecule has 4 aromatic rings. The van der Waals surface area contributed by atoms with E-state index in [2.05, 4.69) is 59.9 Å². The van der Waals surface area contributed by atoms with E-state index in [0.29, 0.717) is 12.3 Å². The van der Waals surface area contributed by atoms with E-state index in [0.717, 1.165) is 51.1 Å². The summed E-state index contributed by atoms with van der Waals surface area (Å²) in [5.41, 5.74) is 8.23. The summed E-state index contributed by atoms with van der Waals surface area (Å²) in [6.45, 7) is 6.47. The maximum atomic E-state index is 12.5. The first-order valence-corrected chi connectivity index (χ1v) is 11.5. The van der Waals surface area contributed by atoms with Crippen LogP contribution in [0.1, 0.15) is 45.1 Å². The highest BCUT2D eigenvalue weighted by atomic mass is 16.1. The van der Waals surface area contributed by atoms with Crippen LogP contribution in [0.3, 0.4) is 0 Å². The van der Waals surface area contributed by atoms with Gasteiger partial charge in [-0.3, -0.25) is 14.2 Å². The Kier molecular flexibility index (Phi) is 5.19. The lowest BCUT2D eigenvalue weighted by molar-refractivity contribution is -0.116. The highest BCUT2D eigenvalue weighted by molar-refractivity contribution is 6.02. The second-order valence-electron chi connectivity index (χ2n) is 9.20. The van der Waals surface area contributed by atoms with Crippen molar-refractivity contribution in [1.29, 1.82) is 0 Å². The number of nitrogens with zero attached hydrogens (tertiary/aromatic N) is 4. The van der Waals surface area contributed by atoms with Gasteiger partial charge in [0, 0.05) is 49.3 Å². The number of carbonyl (C=O) groups excluding carboxylic acids is 1. The molecular formula is C26H30N6O. The normalized spacial score (nSPS) is 16.8. The van der Waals surface area contributed by atoms with Gasteiger partial charge in [0.25, 0.3) is 0 Å². The minimum absolute atomic E-state index is 0.0441. The molecule has 5 rings (SSSR count). The zero-order chi connectivity index (χ0) is 23.3. The minimum Gasteiger partial charge on any atom is -0.380 e. The Hall–Kier alpha value is -3.61. The Morgan fingerprint density at radius 1 is 1.18 bits per heavy atom. The average Bonchev–Trinajstić information content (AvgIpc) is 3.32. The molecular weight excluding hydrogens is 412 g/mol. The number of amides is 1. The summed E-state index contributed by atoms with van der Waals surface area (Å²) < 4.78 is 3.71. The van der Waals surface area contributed by atoms with Crippen LogP contribution in [0.4, 0.5) is 11.4 Å². The molecule has 0 aliphatic carbocycles. The van der Waals surface area contributed by atoms with Crippen molar-refractivity contribution in [3.63, 3.8) is 0 Å². The SMILES string of the molecule is CCC(C)c1cc2c(c(-c3ccc4c(c3)c(-c3cnn(C)c3)nn4C)c1)N[C@H](C)CC(=O)N2. The van der Waals surface area contributed by atoms with E-state index in [1.807, 2.05) is 38.1 Å². The molecule has 7 nitrogen and oxygen atoms in total. The number of aryl methyl sites for hydroxylation is 2. The first-order chi connectivity index (χ1) is 15.8. The van der Waals surface area contributed by atoms with Gasteiger partial charge >= 0.3 is 0 Å². The van der Waals surface area contributed by atoms with Crippen LogP contribution in [0, 0.1) is 0 Å². The molecule has 2 aromatic carbocycles. The fraction of sp³-hybridized carbons (Fsp3) is 0.346. The molecule has 0 saturated heterocycles. The maximum absolute atomic E-state index is 12.5. The van der Waals surface area contributed by atoms with Gasteiger partial charge in [-0.15, -0.1) is 0 Å². The van der Waals surface area contributed by atoms with Crippen LogP contribution in [0.2, 0.25) is 0 Å². The standard InChI is InChI=1S/C26H30N6O/c1-6-15(2)18-11-20(26-22(12-18)29-24(33)9-16(3)28-26)17-7-8-23-21(10-17)25(30-32(23)5)19-13-27-31(4)14-19/h7-8,10-16,28H,6,9H2,1-5H3,(H,29,33)/t15?,16-/m1/s1. The number of benzene rings is 2. The largest absolute Gasteiger partial charge is 0.380 e. The molecule has 1 unspecified atom stereocenters. The first-order valence-electron chi connectivity index (χ1n) is 11.5. The van der Waals surface area contributed by atoms with Crippen molar-refractivity contribution in [2.24, 2.45) is 14.1 Å². The molecule has 3 heterocycles. The van der Waals surface area contributed by atoms with Gasteiger partial charge in [-0.25, -0.2) is 0 Å². The Bertz CT molecular complexity index is 1360. The van der Waals surface area contributed by atoms with E-state index in [1.54, 1.807) is 4.68 Å². The highest BCUT2D eigenvalue weighted by Gasteiger charge is 2.23. The Balaban J connectivity index is 1.73. The number of hydrogen-bond acceptors (Lipinski definition) is 4. The van der Waals surface area contributed by atoms with Crippen molar-refractivity contribution in [3.05, 3.63) is 48.3 Å². The van der Waals surface area contributed by atoms with Crippen LogP contribution < -0.4 is 10.6 Å². The number of rotatable bonds is 4. The van der Waals surface area contributed by atoms with Crippen molar-refractivity contribution >= 4 is 28.2 Å². The lowest BCUT2D eigenvalue weighted by atomic mass is 9.91. The van der Waals surface area contributed by atoms with Crippen LogP contribution in [0.25, 0.3) is 33.3 Å². The van der Waals surface area contributed by atoms with Gasteiger partial charge in [-0.1, -0.05) is 19.9 Å². The zero-order valence-electron chi connectivity index (χ0n) is 19.8. The molecule has 0 saturated carbocycles. The van der Waals surface area contributed by atoms with E-state index >= 15 is 0 Å². The van der Waals surface area contributed by atoms with Gasteiger partial charge in [0.1, 0.15) is 5.69 Å². The number of fused-ring (bicyclic) bond motifs is 2. The predicted octanol–water partition coefficient (Wildman–Crippen LogP) is 5.30. The molecule has 33 heavy (non-hydrogen) atoms. The van der Waals surface area contributed by atoms with Gasteiger partial charge < -0.3 is 10.6 Å². The fourth-order valence-corrected chi connectivity index (χ4v) is 4.63. The summed E-state index contributed by atoms with van der Waals surface area (Å²) >= 11 is 0. The molecule has 1 aliphatic heterocycles. The van der Waals surface area contributed by atoms with Crippen molar-refractivity contribution in [2.45, 2.75) is 45.6 Å². The van der Waals surface area contributed by atoms with E-state index in [9.17, 15) is 4.79 Å². The minimum atomic E-state index is 0.0441. The maximum Gasteiger partial charge on any atom is 0.226 e. The number of hydrogen-bond donors (Lipinski definition) is 2. The summed E-state index contributed by atoms with van der Waals surface area (Å²) in [7, 11) is 3.88. The van der Waals surface area contributed by atoms with Gasteiger partial charge in [-0.2, -0.15) is 10.2 Å². The topological polar surface area (TPSA) is 76.8 Å². The van der Waals surface area contributed by atoms with E-state index in [4.69, 9.17) is 5.10 Å². The molecule has 170 valence electrons. The molecule has 0 spiro atoms. The zero-order valence-corrected chi connectivity index (χ0v) is 19.8. The summed E-state index contributed by atoms with van der Waals surface area (Å²) in [6.07, 6.45) is 5.31. The molecule has 7 heteroatoms. The van der Waals surface area contributed by atoms with Gasteiger partial charge in [0.15, 0.2) is 0 Å². The molecule has 0 fully saturated rings. The van der Waals surface area contributed by atoms with Crippen molar-refractivity contribution < 1.29 is 4.79 Å². The summed E-state index contributed by atoms with van der Waals surface area (Å²) in [4.78, 5) is 12.5. The Morgan fingerprint density at radius 2 is 2.00 bits per heavy atom. The highest BCUT2D eigenvalue weighted by Crippen LogP contribution is 2.41. The second kappa shape index (κ2) is 8.06. The molecule has 2 N–H and O–H groups in total. The third-order valence-electron chi connectivity index (χ3n) is 6.64. The van der Waals surface area contributed by atoms with Crippen molar-refractivity contribution in [1.82, 2.24) is 19.6 Å². The molecule has 2 atom stereocenters. The van der Waals surface area contributed by atoms with Crippen molar-refractivity contribution in [2.75, 3.05) is 10.6 Å². The van der Waals surface area contributed by atoms with Crippen molar-refractivity contribution in [3.8, 4) is 22.4 Å². The quantitative estimate of drug-likeness (QED) is 0.450. The molecule has 1 aliphatic rings. The van der Waals surface area contributed by atoms with Crippen LogP contribution >= 0.6 is 0 Å². The number of anilines is 2. The lowest BCUT2D eigenvalue weighted by Gasteiger charge is -2.20. The number of nitrogens with one attached hydrogen (secondary N) is 2. The summed E-state index contributed by atoms with van der Waals surface area (Å²) in [5, 5.41) is 16.9. The van der Waals surface area contributed by atoms with E-state index in [-0.39, 0.29) is 11.9 Å². The molecule has 2 aromatic heterocycles. The molecule has 0 bridgehead atoms. The third kappa shape index (κ3) is 3.77. The Labute approximate surface area is 193 Å². The third-order valence-corrected chi connectivity index (χ3v) is 6.64. The van der Waals surface area contributed by atoms with Crippen LogP contribution in [-0.4, -0.2) is 31.5 Å². The van der Waals surface area contributed by atoms with Gasteiger partial charge in [-0.05, 0) is 54.7 Å². The van der Waals surface area contributed by atoms with Crippen LogP contribution in [0.5, 0.6) is 0 Å². The van der Waals surface area contributed by atoms with Crippen LogP contribution in [-0.2, 0) is 18.9 Å². The van der Waals surface area contributed by atoms with Gasteiger partial charge in [0.05, 0.1) is 23.1 Å². The lowest BCUT2D eigenvalue weighted by Crippen LogP contribution is -2.19. The van der Waals surface area contributed by atoms with E-state index < -0.39 is 0 Å². The summed E-state index contributed by atoms with van der Waals surface area (Å²) in [6, 6.07) is 10.9. The summed E-state index contributed by atoms with van der Waals surface area (Å²) in [5.74, 6) is 0.433. The predicted molar refractivity (Wildman–Crippen MR) is 133 cm³/mol. The average molecular weight is 443 g/mol. The number of aromatic nitrogens is 4. The first kappa shape index (κ1) is 21.2. The molecule has 0 radical (unpaired) electrons. The molecule has 1 amide bonds. The Morgan fingerprint density at radius 3 is 2.73 bits per heavy atom. The van der Waals surface area contributed by atoms with Gasteiger partial charge in [0.2, 0.25) is 5.91 Å². The number of carbonyl (C=O) groups is 1. The fourth-order valence-electron chi connectivity index (χ4n) is 4.63. The van der Waals surface area contributed by atoms with E-state index in [1.165, 1.54) is 5.56 Å². The second-order valence-corrected chi connectivity index (χ2v) is 9.20.